The summed E-state index contributed by atoms with van der Waals surface area (Å²) in [6, 6.07) is 6.00. The van der Waals surface area contributed by atoms with Crippen molar-refractivity contribution in [2.45, 2.75) is 39.4 Å². The van der Waals surface area contributed by atoms with Crippen molar-refractivity contribution in [1.29, 1.82) is 0 Å². The third-order valence-electron chi connectivity index (χ3n) is 3.92. The van der Waals surface area contributed by atoms with Crippen LogP contribution in [-0.2, 0) is 6.54 Å². The lowest BCUT2D eigenvalue weighted by molar-refractivity contribution is 0.116. The van der Waals surface area contributed by atoms with Gasteiger partial charge in [0.05, 0.1) is 0 Å². The molecule has 1 aliphatic rings. The summed E-state index contributed by atoms with van der Waals surface area (Å²) in [5.41, 5.74) is 1.15. The fourth-order valence-electron chi connectivity index (χ4n) is 2.48. The topological polar surface area (TPSA) is 15.3 Å². The molecule has 0 spiro atoms. The van der Waals surface area contributed by atoms with E-state index in [0.717, 1.165) is 29.7 Å². The summed E-state index contributed by atoms with van der Waals surface area (Å²) in [7, 11) is 0. The van der Waals surface area contributed by atoms with Crippen molar-refractivity contribution < 1.29 is 4.39 Å². The fourth-order valence-corrected chi connectivity index (χ4v) is 2.96. The van der Waals surface area contributed by atoms with Gasteiger partial charge < -0.3 is 5.32 Å². The van der Waals surface area contributed by atoms with Crippen molar-refractivity contribution in [3.63, 3.8) is 0 Å². The first-order valence-electron chi connectivity index (χ1n) is 6.88. The van der Waals surface area contributed by atoms with Crippen LogP contribution in [0.25, 0.3) is 0 Å². The molecule has 1 fully saturated rings. The number of nitrogens with one attached hydrogen (secondary N) is 1. The minimum atomic E-state index is -0.191. The van der Waals surface area contributed by atoms with Crippen LogP contribution in [0.15, 0.2) is 22.7 Å². The molecule has 0 aromatic heterocycles. The summed E-state index contributed by atoms with van der Waals surface area (Å²) in [6.45, 7) is 9.66. The molecule has 0 saturated carbocycles. The maximum atomic E-state index is 13.1. The Morgan fingerprint density at radius 1 is 1.47 bits per heavy atom. The predicted octanol–water partition coefficient (Wildman–Crippen LogP) is 3.41. The molecule has 1 saturated heterocycles. The van der Waals surface area contributed by atoms with Gasteiger partial charge in [-0.15, -0.1) is 0 Å². The van der Waals surface area contributed by atoms with Crippen LogP contribution in [0.3, 0.4) is 0 Å². The molecule has 0 radical (unpaired) electrons. The third-order valence-corrected chi connectivity index (χ3v) is 4.66. The van der Waals surface area contributed by atoms with E-state index in [2.05, 4.69) is 46.9 Å². The lowest BCUT2D eigenvalue weighted by atomic mass is 9.99. The van der Waals surface area contributed by atoms with Crippen LogP contribution in [-0.4, -0.2) is 30.1 Å². The normalized spacial score (nSPS) is 24.9. The molecular formula is C15H22BrFN2. The van der Waals surface area contributed by atoms with Crippen LogP contribution >= 0.6 is 15.9 Å². The number of hydrogen-bond donors (Lipinski definition) is 1. The highest BCUT2D eigenvalue weighted by atomic mass is 79.9. The molecule has 2 rings (SSSR count). The SMILES string of the molecule is CC(C)C1CN(Cc2ccc(F)cc2Br)C(C)CN1. The number of halogens is 2. The number of hydrogen-bond acceptors (Lipinski definition) is 2. The largest absolute Gasteiger partial charge is 0.311 e. The van der Waals surface area contributed by atoms with Crippen molar-refractivity contribution >= 4 is 15.9 Å². The van der Waals surface area contributed by atoms with Crippen LogP contribution in [0.4, 0.5) is 4.39 Å². The highest BCUT2D eigenvalue weighted by Crippen LogP contribution is 2.22. The molecule has 0 amide bonds. The van der Waals surface area contributed by atoms with Gasteiger partial charge in [-0.25, -0.2) is 4.39 Å². The Bertz CT molecular complexity index is 436. The average molecular weight is 329 g/mol. The van der Waals surface area contributed by atoms with E-state index in [1.54, 1.807) is 6.07 Å². The number of benzene rings is 1. The molecule has 2 nitrogen and oxygen atoms in total. The van der Waals surface area contributed by atoms with Gasteiger partial charge in [-0.3, -0.25) is 4.90 Å². The summed E-state index contributed by atoms with van der Waals surface area (Å²) in [5, 5.41) is 3.59. The van der Waals surface area contributed by atoms with Crippen molar-refractivity contribution in [2.75, 3.05) is 13.1 Å². The molecule has 2 unspecified atom stereocenters. The Labute approximate surface area is 123 Å². The second-order valence-corrected chi connectivity index (χ2v) is 6.63. The fraction of sp³-hybridized carbons (Fsp3) is 0.600. The Morgan fingerprint density at radius 3 is 2.84 bits per heavy atom. The molecule has 1 aromatic carbocycles. The van der Waals surface area contributed by atoms with Crippen LogP contribution in [0.5, 0.6) is 0 Å². The van der Waals surface area contributed by atoms with E-state index in [0.29, 0.717) is 18.0 Å². The number of rotatable bonds is 3. The molecule has 1 N–H and O–H groups in total. The maximum Gasteiger partial charge on any atom is 0.124 e. The monoisotopic (exact) mass is 328 g/mol. The summed E-state index contributed by atoms with van der Waals surface area (Å²) >= 11 is 3.46. The van der Waals surface area contributed by atoms with Gasteiger partial charge in [-0.2, -0.15) is 0 Å². The molecule has 1 aromatic rings. The van der Waals surface area contributed by atoms with E-state index < -0.39 is 0 Å². The van der Waals surface area contributed by atoms with Gasteiger partial charge in [-0.05, 0) is 30.5 Å². The summed E-state index contributed by atoms with van der Waals surface area (Å²) < 4.78 is 14.0. The smallest absolute Gasteiger partial charge is 0.124 e. The first-order chi connectivity index (χ1) is 8.97. The van der Waals surface area contributed by atoms with Crippen LogP contribution in [0.1, 0.15) is 26.3 Å². The number of piperazine rings is 1. The van der Waals surface area contributed by atoms with Crippen LogP contribution < -0.4 is 5.32 Å². The van der Waals surface area contributed by atoms with Crippen molar-refractivity contribution in [3.05, 3.63) is 34.1 Å². The number of nitrogens with zero attached hydrogens (tertiary/aromatic N) is 1. The summed E-state index contributed by atoms with van der Waals surface area (Å²) in [5.74, 6) is 0.440. The van der Waals surface area contributed by atoms with Gasteiger partial charge in [0, 0.05) is 36.2 Å². The molecule has 1 aliphatic heterocycles. The van der Waals surface area contributed by atoms with Crippen molar-refractivity contribution in [3.8, 4) is 0 Å². The highest BCUT2D eigenvalue weighted by molar-refractivity contribution is 9.10. The standard InChI is InChI=1S/C15H22BrFN2/c1-10(2)15-9-19(11(3)7-18-15)8-12-4-5-13(17)6-14(12)16/h4-6,10-11,15,18H,7-9H2,1-3H3. The van der Waals surface area contributed by atoms with E-state index in [4.69, 9.17) is 0 Å². The molecule has 1 heterocycles. The maximum absolute atomic E-state index is 13.1. The molecule has 19 heavy (non-hydrogen) atoms. The lowest BCUT2D eigenvalue weighted by Crippen LogP contribution is -2.56. The Balaban J connectivity index is 2.07. The molecule has 4 heteroatoms. The van der Waals surface area contributed by atoms with Gasteiger partial charge in [0.25, 0.3) is 0 Å². The van der Waals surface area contributed by atoms with Gasteiger partial charge >= 0.3 is 0 Å². The highest BCUT2D eigenvalue weighted by Gasteiger charge is 2.26. The molecule has 0 aliphatic carbocycles. The molecule has 2 atom stereocenters. The second-order valence-electron chi connectivity index (χ2n) is 5.77. The van der Waals surface area contributed by atoms with Gasteiger partial charge in [0.2, 0.25) is 0 Å². The Morgan fingerprint density at radius 2 is 2.21 bits per heavy atom. The second kappa shape index (κ2) is 6.33. The third kappa shape index (κ3) is 3.77. The molecule has 106 valence electrons. The zero-order valence-electron chi connectivity index (χ0n) is 11.8. The zero-order valence-corrected chi connectivity index (χ0v) is 13.4. The Hall–Kier alpha value is -0.450. The lowest BCUT2D eigenvalue weighted by Gasteiger charge is -2.40. The van der Waals surface area contributed by atoms with Crippen LogP contribution in [0.2, 0.25) is 0 Å². The van der Waals surface area contributed by atoms with Gasteiger partial charge in [0.15, 0.2) is 0 Å². The molecular weight excluding hydrogens is 307 g/mol. The van der Waals surface area contributed by atoms with E-state index in [9.17, 15) is 4.39 Å². The van der Waals surface area contributed by atoms with E-state index in [-0.39, 0.29) is 5.82 Å². The summed E-state index contributed by atoms with van der Waals surface area (Å²) in [4.78, 5) is 2.47. The predicted molar refractivity (Wildman–Crippen MR) is 80.6 cm³/mol. The first-order valence-corrected chi connectivity index (χ1v) is 7.68. The quantitative estimate of drug-likeness (QED) is 0.914. The zero-order chi connectivity index (χ0) is 14.0. The van der Waals surface area contributed by atoms with Gasteiger partial charge in [0.1, 0.15) is 5.82 Å². The molecule has 0 bridgehead atoms. The van der Waals surface area contributed by atoms with Gasteiger partial charge in [-0.1, -0.05) is 35.8 Å². The van der Waals surface area contributed by atoms with Crippen molar-refractivity contribution in [1.82, 2.24) is 10.2 Å². The summed E-state index contributed by atoms with van der Waals surface area (Å²) in [6.07, 6.45) is 0. The average Bonchev–Trinajstić information content (AvgIpc) is 2.34. The van der Waals surface area contributed by atoms with E-state index in [1.165, 1.54) is 6.07 Å². The van der Waals surface area contributed by atoms with Crippen LogP contribution in [0, 0.1) is 11.7 Å². The Kier molecular flexibility index (Phi) is 4.98. The minimum Gasteiger partial charge on any atom is -0.311 e. The minimum absolute atomic E-state index is 0.191. The first kappa shape index (κ1) is 14.9. The van der Waals surface area contributed by atoms with E-state index >= 15 is 0 Å². The van der Waals surface area contributed by atoms with E-state index in [1.807, 2.05) is 6.07 Å². The van der Waals surface area contributed by atoms with Crippen molar-refractivity contribution in [2.24, 2.45) is 5.92 Å².